The van der Waals surface area contributed by atoms with E-state index in [1.165, 1.54) is 35.1 Å². The third-order valence-electron chi connectivity index (χ3n) is 2.77. The van der Waals surface area contributed by atoms with E-state index in [1.807, 2.05) is 12.2 Å². The van der Waals surface area contributed by atoms with E-state index in [2.05, 4.69) is 57.7 Å². The van der Waals surface area contributed by atoms with Crippen LogP contribution < -0.4 is 0 Å². The van der Waals surface area contributed by atoms with Crippen LogP contribution >= 0.6 is 0 Å². The van der Waals surface area contributed by atoms with Crippen molar-refractivity contribution in [3.8, 4) is 0 Å². The normalized spacial score (nSPS) is 12.6. The van der Waals surface area contributed by atoms with Gasteiger partial charge in [-0.25, -0.2) is 0 Å². The van der Waals surface area contributed by atoms with E-state index in [0.717, 1.165) is 0 Å². The van der Waals surface area contributed by atoms with Crippen LogP contribution in [0.1, 0.15) is 38.3 Å². The molecule has 0 aliphatic heterocycles. The van der Waals surface area contributed by atoms with Crippen molar-refractivity contribution in [3.05, 3.63) is 65.8 Å². The predicted molar refractivity (Wildman–Crippen MR) is 78.0 cm³/mol. The molecule has 0 spiro atoms. The Labute approximate surface area is 105 Å². The van der Waals surface area contributed by atoms with E-state index in [4.69, 9.17) is 0 Å². The summed E-state index contributed by atoms with van der Waals surface area (Å²) in [5.41, 5.74) is 5.24. The highest BCUT2D eigenvalue weighted by molar-refractivity contribution is 5.66. The Kier molecular flexibility index (Phi) is 5.48. The summed E-state index contributed by atoms with van der Waals surface area (Å²) in [6.45, 7) is 10.2. The largest absolute Gasteiger partial charge is 0.0991 e. The van der Waals surface area contributed by atoms with Gasteiger partial charge in [0.2, 0.25) is 0 Å². The van der Waals surface area contributed by atoms with E-state index in [1.54, 1.807) is 0 Å². The molecule has 0 fully saturated rings. The molecule has 90 valence electrons. The molecule has 1 aromatic rings. The maximum Gasteiger partial charge on any atom is -0.0227 e. The first-order chi connectivity index (χ1) is 8.17. The van der Waals surface area contributed by atoms with Gasteiger partial charge in [0.15, 0.2) is 0 Å². The van der Waals surface area contributed by atoms with Gasteiger partial charge in [-0.1, -0.05) is 68.0 Å². The molecule has 0 heteroatoms. The van der Waals surface area contributed by atoms with Gasteiger partial charge in [-0.2, -0.15) is 0 Å². The summed E-state index contributed by atoms with van der Waals surface area (Å²) in [7, 11) is 0. The number of rotatable bonds is 5. The molecule has 0 aromatic heterocycles. The minimum atomic E-state index is 1.17. The standard InChI is InChI=1S/C17H22/c1-5-7-14(3)13-15(4)17-11-9-16(8-6-2)10-12-17/h5,7,9-13H,1,6,8H2,2-4H3/b14-7-,15-13+. The summed E-state index contributed by atoms with van der Waals surface area (Å²) >= 11 is 0. The molecule has 0 unspecified atom stereocenters. The summed E-state index contributed by atoms with van der Waals surface area (Å²) in [6, 6.07) is 8.86. The van der Waals surface area contributed by atoms with Gasteiger partial charge in [0.25, 0.3) is 0 Å². The summed E-state index contributed by atoms with van der Waals surface area (Å²) in [5.74, 6) is 0. The maximum absolute atomic E-state index is 3.71. The highest BCUT2D eigenvalue weighted by atomic mass is 14.0. The van der Waals surface area contributed by atoms with Crippen molar-refractivity contribution in [1.82, 2.24) is 0 Å². The number of allylic oxidation sites excluding steroid dienone is 5. The monoisotopic (exact) mass is 226 g/mol. The van der Waals surface area contributed by atoms with Crippen LogP contribution in [-0.4, -0.2) is 0 Å². The minimum Gasteiger partial charge on any atom is -0.0991 e. The van der Waals surface area contributed by atoms with E-state index in [9.17, 15) is 0 Å². The fourth-order valence-electron chi connectivity index (χ4n) is 1.88. The SMILES string of the molecule is C=C/C=C(C)\C=C(/C)c1ccc(CCC)cc1. The van der Waals surface area contributed by atoms with Crippen molar-refractivity contribution in [2.75, 3.05) is 0 Å². The highest BCUT2D eigenvalue weighted by Gasteiger charge is 1.96. The van der Waals surface area contributed by atoms with Crippen molar-refractivity contribution < 1.29 is 0 Å². The number of benzene rings is 1. The van der Waals surface area contributed by atoms with Gasteiger partial charge in [0, 0.05) is 0 Å². The molecule has 0 amide bonds. The predicted octanol–water partition coefficient (Wildman–Crippen LogP) is 5.17. The summed E-state index contributed by atoms with van der Waals surface area (Å²) in [5, 5.41) is 0. The van der Waals surface area contributed by atoms with Crippen LogP contribution in [-0.2, 0) is 6.42 Å². The first-order valence-corrected chi connectivity index (χ1v) is 6.24. The highest BCUT2D eigenvalue weighted by Crippen LogP contribution is 2.17. The maximum atomic E-state index is 3.71. The lowest BCUT2D eigenvalue weighted by molar-refractivity contribution is 0.922. The summed E-state index contributed by atoms with van der Waals surface area (Å²) in [6.07, 6.45) is 8.41. The second kappa shape index (κ2) is 6.90. The van der Waals surface area contributed by atoms with Crippen molar-refractivity contribution in [2.24, 2.45) is 0 Å². The van der Waals surface area contributed by atoms with Gasteiger partial charge >= 0.3 is 0 Å². The Morgan fingerprint density at radius 1 is 1.18 bits per heavy atom. The van der Waals surface area contributed by atoms with Gasteiger partial charge in [-0.05, 0) is 37.0 Å². The van der Waals surface area contributed by atoms with Crippen LogP contribution in [0.2, 0.25) is 0 Å². The number of hydrogen-bond donors (Lipinski definition) is 0. The van der Waals surface area contributed by atoms with Crippen molar-refractivity contribution in [3.63, 3.8) is 0 Å². The Bertz CT molecular complexity index is 416. The van der Waals surface area contributed by atoms with Crippen LogP contribution in [0, 0.1) is 0 Å². The van der Waals surface area contributed by atoms with E-state index in [-0.39, 0.29) is 0 Å². The van der Waals surface area contributed by atoms with Gasteiger partial charge in [0.1, 0.15) is 0 Å². The number of hydrogen-bond acceptors (Lipinski definition) is 0. The first-order valence-electron chi connectivity index (χ1n) is 6.24. The lowest BCUT2D eigenvalue weighted by Crippen LogP contribution is -1.85. The fourth-order valence-corrected chi connectivity index (χ4v) is 1.88. The lowest BCUT2D eigenvalue weighted by atomic mass is 10.0. The topological polar surface area (TPSA) is 0 Å². The molecular weight excluding hydrogens is 204 g/mol. The average molecular weight is 226 g/mol. The molecule has 0 saturated heterocycles. The Balaban J connectivity index is 2.85. The Morgan fingerprint density at radius 2 is 1.82 bits per heavy atom. The first kappa shape index (κ1) is 13.5. The molecule has 0 aliphatic carbocycles. The van der Waals surface area contributed by atoms with Crippen molar-refractivity contribution in [1.29, 1.82) is 0 Å². The second-order valence-electron chi connectivity index (χ2n) is 4.42. The van der Waals surface area contributed by atoms with Gasteiger partial charge in [0.05, 0.1) is 0 Å². The minimum absolute atomic E-state index is 1.17. The molecule has 0 bridgehead atoms. The second-order valence-corrected chi connectivity index (χ2v) is 4.42. The van der Waals surface area contributed by atoms with Gasteiger partial charge in [-0.3, -0.25) is 0 Å². The number of aryl methyl sites for hydroxylation is 1. The van der Waals surface area contributed by atoms with E-state index < -0.39 is 0 Å². The third kappa shape index (κ3) is 4.44. The molecule has 1 rings (SSSR count). The van der Waals surface area contributed by atoms with E-state index in [0.29, 0.717) is 0 Å². The molecule has 1 aromatic carbocycles. The van der Waals surface area contributed by atoms with Crippen LogP contribution in [0.5, 0.6) is 0 Å². The van der Waals surface area contributed by atoms with Crippen molar-refractivity contribution in [2.45, 2.75) is 33.6 Å². The molecule has 17 heavy (non-hydrogen) atoms. The zero-order valence-electron chi connectivity index (χ0n) is 11.2. The molecule has 0 atom stereocenters. The van der Waals surface area contributed by atoms with E-state index >= 15 is 0 Å². The zero-order chi connectivity index (χ0) is 12.7. The third-order valence-corrected chi connectivity index (χ3v) is 2.77. The molecule has 0 N–H and O–H groups in total. The Morgan fingerprint density at radius 3 is 2.35 bits per heavy atom. The molecule has 0 nitrogen and oxygen atoms in total. The summed E-state index contributed by atoms with van der Waals surface area (Å²) < 4.78 is 0. The van der Waals surface area contributed by atoms with Gasteiger partial charge in [-0.15, -0.1) is 0 Å². The van der Waals surface area contributed by atoms with Crippen molar-refractivity contribution >= 4 is 5.57 Å². The molecule has 0 saturated carbocycles. The van der Waals surface area contributed by atoms with Crippen LogP contribution in [0.15, 0.2) is 54.6 Å². The smallest absolute Gasteiger partial charge is 0.0227 e. The van der Waals surface area contributed by atoms with Crippen LogP contribution in [0.4, 0.5) is 0 Å². The quantitative estimate of drug-likeness (QED) is 0.607. The fraction of sp³-hybridized carbons (Fsp3) is 0.294. The molecule has 0 aliphatic rings. The van der Waals surface area contributed by atoms with Crippen LogP contribution in [0.3, 0.4) is 0 Å². The van der Waals surface area contributed by atoms with Gasteiger partial charge < -0.3 is 0 Å². The molecular formula is C17H22. The average Bonchev–Trinajstić information content (AvgIpc) is 2.30. The molecule has 0 heterocycles. The lowest BCUT2D eigenvalue weighted by Gasteiger charge is -2.04. The van der Waals surface area contributed by atoms with Crippen LogP contribution in [0.25, 0.3) is 5.57 Å². The zero-order valence-corrected chi connectivity index (χ0v) is 11.2. The summed E-state index contributed by atoms with van der Waals surface area (Å²) in [4.78, 5) is 0. The Hall–Kier alpha value is -1.56. The molecule has 0 radical (unpaired) electrons.